The maximum Gasteiger partial charge on any atom is 0.320 e. The molecule has 0 spiro atoms. The summed E-state index contributed by atoms with van der Waals surface area (Å²) in [7, 11) is 0. The van der Waals surface area contributed by atoms with Crippen LogP contribution in [-0.2, 0) is 4.79 Å². The summed E-state index contributed by atoms with van der Waals surface area (Å²) in [5.41, 5.74) is 0. The maximum atomic E-state index is 11.1. The molecule has 0 heterocycles. The van der Waals surface area contributed by atoms with Gasteiger partial charge < -0.3 is 10.4 Å². The van der Waals surface area contributed by atoms with E-state index in [1.807, 2.05) is 0 Å². The van der Waals surface area contributed by atoms with E-state index in [2.05, 4.69) is 26.1 Å². The minimum Gasteiger partial charge on any atom is -0.480 e. The summed E-state index contributed by atoms with van der Waals surface area (Å²) in [6, 6.07) is -0.371. The molecule has 1 atom stereocenters. The van der Waals surface area contributed by atoms with Crippen LogP contribution < -0.4 is 5.32 Å². The van der Waals surface area contributed by atoms with Crippen molar-refractivity contribution in [3.8, 4) is 0 Å². The number of hydrogen-bond donors (Lipinski definition) is 2. The van der Waals surface area contributed by atoms with Gasteiger partial charge in [0.15, 0.2) is 0 Å². The first kappa shape index (κ1) is 23.7. The minimum absolute atomic E-state index is 0. The summed E-state index contributed by atoms with van der Waals surface area (Å²) in [4.78, 5) is 11.1. The van der Waals surface area contributed by atoms with Crippen molar-refractivity contribution < 1.29 is 9.90 Å². The van der Waals surface area contributed by atoms with Crippen molar-refractivity contribution in [1.82, 2.24) is 5.32 Å². The fraction of sp³-hybridized carbons (Fsp3) is 0.941. The standard InChI is InChI=1S/C17H35NO2.Na/c1-4-5-6-7-8-9-10-11-12-13-18-16(17(19)20)14-15(2)3;/h15-16,18H,4-14H2,1-3H3,(H,19,20);/t16-;/m0./s1. The Balaban J connectivity index is 0. The zero-order valence-electron chi connectivity index (χ0n) is 14.8. The van der Waals surface area contributed by atoms with Crippen LogP contribution in [0.15, 0.2) is 0 Å². The van der Waals surface area contributed by atoms with E-state index in [1.54, 1.807) is 0 Å². The van der Waals surface area contributed by atoms with Crippen molar-refractivity contribution >= 4 is 35.5 Å². The Morgan fingerprint density at radius 3 is 1.86 bits per heavy atom. The summed E-state index contributed by atoms with van der Waals surface area (Å²) in [6.45, 7) is 7.21. The van der Waals surface area contributed by atoms with E-state index in [-0.39, 0.29) is 35.6 Å². The molecule has 0 saturated carbocycles. The summed E-state index contributed by atoms with van der Waals surface area (Å²) < 4.78 is 0. The van der Waals surface area contributed by atoms with Crippen LogP contribution in [0.4, 0.5) is 0 Å². The van der Waals surface area contributed by atoms with Crippen molar-refractivity contribution in [2.75, 3.05) is 6.54 Å². The average Bonchev–Trinajstić information content (AvgIpc) is 2.39. The molecule has 0 aromatic heterocycles. The van der Waals surface area contributed by atoms with Gasteiger partial charge in [-0.1, -0.05) is 72.1 Å². The van der Waals surface area contributed by atoms with Crippen molar-refractivity contribution in [1.29, 1.82) is 0 Å². The maximum absolute atomic E-state index is 11.1. The summed E-state index contributed by atoms with van der Waals surface area (Å²) in [6.07, 6.45) is 12.4. The van der Waals surface area contributed by atoms with Gasteiger partial charge in [-0.3, -0.25) is 4.79 Å². The Hall–Kier alpha value is 0.430. The van der Waals surface area contributed by atoms with Gasteiger partial charge >= 0.3 is 5.97 Å². The number of carbonyl (C=O) groups is 1. The molecule has 4 heteroatoms. The average molecular weight is 308 g/mol. The fourth-order valence-corrected chi connectivity index (χ4v) is 2.45. The second-order valence-corrected chi connectivity index (χ2v) is 6.30. The topological polar surface area (TPSA) is 49.3 Å². The molecule has 121 valence electrons. The molecule has 0 aromatic carbocycles. The molecule has 2 N–H and O–H groups in total. The molecule has 0 aromatic rings. The quantitative estimate of drug-likeness (QED) is 0.373. The van der Waals surface area contributed by atoms with E-state index in [9.17, 15) is 4.79 Å². The number of carboxylic acid groups (broad SMARTS) is 1. The Morgan fingerprint density at radius 1 is 0.952 bits per heavy atom. The van der Waals surface area contributed by atoms with Crippen LogP contribution in [0.3, 0.4) is 0 Å². The molecule has 0 aliphatic heterocycles. The van der Waals surface area contributed by atoms with Crippen LogP contribution in [0.1, 0.15) is 85.0 Å². The second kappa shape index (κ2) is 16.8. The normalized spacial score (nSPS) is 12.2. The smallest absolute Gasteiger partial charge is 0.320 e. The van der Waals surface area contributed by atoms with Gasteiger partial charge in [0.05, 0.1) is 0 Å². The van der Waals surface area contributed by atoms with E-state index in [0.29, 0.717) is 12.3 Å². The molecule has 3 nitrogen and oxygen atoms in total. The predicted molar refractivity (Wildman–Crippen MR) is 91.9 cm³/mol. The molecule has 21 heavy (non-hydrogen) atoms. The SMILES string of the molecule is CCCCCCCCCCCN[C@@H](CC(C)C)C(=O)O.[Na]. The van der Waals surface area contributed by atoms with Crippen LogP contribution in [0.2, 0.25) is 0 Å². The molecule has 0 amide bonds. The van der Waals surface area contributed by atoms with Gasteiger partial charge in [-0.15, -0.1) is 0 Å². The third-order valence-corrected chi connectivity index (χ3v) is 3.68. The van der Waals surface area contributed by atoms with Crippen LogP contribution >= 0.6 is 0 Å². The van der Waals surface area contributed by atoms with E-state index < -0.39 is 5.97 Å². The number of carboxylic acids is 1. The van der Waals surface area contributed by atoms with E-state index in [4.69, 9.17) is 5.11 Å². The van der Waals surface area contributed by atoms with Gasteiger partial charge in [0, 0.05) is 29.6 Å². The third kappa shape index (κ3) is 16.6. The van der Waals surface area contributed by atoms with Gasteiger partial charge in [0.2, 0.25) is 0 Å². The Bertz CT molecular complexity index is 235. The number of nitrogens with one attached hydrogen (secondary N) is 1. The molecule has 0 aliphatic rings. The molecule has 0 aliphatic carbocycles. The van der Waals surface area contributed by atoms with Crippen LogP contribution in [0.25, 0.3) is 0 Å². The largest absolute Gasteiger partial charge is 0.480 e. The van der Waals surface area contributed by atoms with Gasteiger partial charge in [0.25, 0.3) is 0 Å². The van der Waals surface area contributed by atoms with E-state index in [0.717, 1.165) is 13.0 Å². The van der Waals surface area contributed by atoms with Crippen molar-refractivity contribution in [3.05, 3.63) is 0 Å². The first-order valence-electron chi connectivity index (χ1n) is 8.54. The third-order valence-electron chi connectivity index (χ3n) is 3.68. The zero-order valence-corrected chi connectivity index (χ0v) is 16.8. The summed E-state index contributed by atoms with van der Waals surface area (Å²) in [5.74, 6) is -0.290. The fourth-order valence-electron chi connectivity index (χ4n) is 2.45. The van der Waals surface area contributed by atoms with Crippen molar-refractivity contribution in [3.63, 3.8) is 0 Å². The molecular formula is C17H35NNaO2. The zero-order chi connectivity index (χ0) is 15.2. The molecule has 0 saturated heterocycles. The number of rotatable bonds is 14. The Kier molecular flexibility index (Phi) is 18.9. The first-order chi connectivity index (χ1) is 9.57. The van der Waals surface area contributed by atoms with Gasteiger partial charge in [-0.25, -0.2) is 0 Å². The summed E-state index contributed by atoms with van der Waals surface area (Å²) >= 11 is 0. The molecule has 0 rings (SSSR count). The number of unbranched alkanes of at least 4 members (excludes halogenated alkanes) is 8. The van der Waals surface area contributed by atoms with Crippen LogP contribution in [-0.4, -0.2) is 53.2 Å². The Morgan fingerprint density at radius 2 is 1.43 bits per heavy atom. The Labute approximate surface area is 153 Å². The van der Waals surface area contributed by atoms with Gasteiger partial charge in [-0.2, -0.15) is 0 Å². The predicted octanol–water partition coefficient (Wildman–Crippen LogP) is 4.23. The van der Waals surface area contributed by atoms with Crippen molar-refractivity contribution in [2.24, 2.45) is 5.92 Å². The second-order valence-electron chi connectivity index (χ2n) is 6.30. The van der Waals surface area contributed by atoms with E-state index in [1.165, 1.54) is 51.4 Å². The van der Waals surface area contributed by atoms with Gasteiger partial charge in [-0.05, 0) is 25.3 Å². The van der Waals surface area contributed by atoms with Crippen molar-refractivity contribution in [2.45, 2.75) is 91.0 Å². The molecule has 0 bridgehead atoms. The molecule has 0 fully saturated rings. The molecule has 0 unspecified atom stereocenters. The first-order valence-corrected chi connectivity index (χ1v) is 8.54. The monoisotopic (exact) mass is 308 g/mol. The number of aliphatic carboxylic acids is 1. The van der Waals surface area contributed by atoms with E-state index >= 15 is 0 Å². The van der Waals surface area contributed by atoms with Crippen LogP contribution in [0, 0.1) is 5.92 Å². The molecular weight excluding hydrogens is 273 g/mol. The molecule has 1 radical (unpaired) electrons. The van der Waals surface area contributed by atoms with Gasteiger partial charge in [0.1, 0.15) is 6.04 Å². The number of hydrogen-bond acceptors (Lipinski definition) is 2. The van der Waals surface area contributed by atoms with Crippen LogP contribution in [0.5, 0.6) is 0 Å². The summed E-state index contributed by atoms with van der Waals surface area (Å²) in [5, 5.41) is 12.3. The minimum atomic E-state index is -0.713.